The van der Waals surface area contributed by atoms with E-state index >= 15 is 0 Å². The Hall–Kier alpha value is -1.60. The van der Waals surface area contributed by atoms with E-state index in [2.05, 4.69) is 14.9 Å². The Morgan fingerprint density at radius 2 is 2.20 bits per heavy atom. The molecular formula is C12H14ClN3O4. The minimum absolute atomic E-state index is 0.00732. The third kappa shape index (κ3) is 2.06. The highest BCUT2D eigenvalue weighted by Crippen LogP contribution is 2.38. The predicted molar refractivity (Wildman–Crippen MR) is 70.4 cm³/mol. The van der Waals surface area contributed by atoms with Gasteiger partial charge in [-0.1, -0.05) is 0 Å². The molecular weight excluding hydrogens is 286 g/mol. The van der Waals surface area contributed by atoms with Crippen LogP contribution < -0.4 is 9.64 Å². The number of fused-ring (bicyclic) bond motifs is 3. The molecule has 2 aliphatic heterocycles. The van der Waals surface area contributed by atoms with Crippen LogP contribution in [0.2, 0.25) is 5.28 Å². The van der Waals surface area contributed by atoms with Gasteiger partial charge in [-0.2, -0.15) is 4.98 Å². The van der Waals surface area contributed by atoms with Crippen LogP contribution in [0.25, 0.3) is 0 Å². The topological polar surface area (TPSA) is 73.8 Å². The Kier molecular flexibility index (Phi) is 3.39. The highest BCUT2D eigenvalue weighted by molar-refractivity contribution is 6.28. The van der Waals surface area contributed by atoms with Crippen LogP contribution in [0, 0.1) is 0 Å². The number of anilines is 1. The summed E-state index contributed by atoms with van der Waals surface area (Å²) in [6.07, 6.45) is 0. The number of esters is 1. The number of methoxy groups -OCH3 is 1. The van der Waals surface area contributed by atoms with Crippen molar-refractivity contribution in [3.63, 3.8) is 0 Å². The molecule has 20 heavy (non-hydrogen) atoms. The standard InChI is InChI=1S/C12H14ClN3O4/c1-6-3-19-4-7-5-20-9-8(11(17)18-2)14-12(13)15-10(9)16(6)7/h6-7H,3-5H2,1-2H3/t6-,7+/m1/s1. The van der Waals surface area contributed by atoms with Gasteiger partial charge in [-0.15, -0.1) is 0 Å². The molecule has 0 radical (unpaired) electrons. The molecule has 0 aromatic carbocycles. The van der Waals surface area contributed by atoms with Gasteiger partial charge in [-0.3, -0.25) is 0 Å². The molecule has 1 saturated heterocycles. The van der Waals surface area contributed by atoms with Crippen molar-refractivity contribution < 1.29 is 19.0 Å². The summed E-state index contributed by atoms with van der Waals surface area (Å²) < 4.78 is 15.9. The van der Waals surface area contributed by atoms with Crippen LogP contribution in [0.3, 0.4) is 0 Å². The second kappa shape index (κ2) is 5.06. The van der Waals surface area contributed by atoms with Gasteiger partial charge in [0.05, 0.1) is 32.4 Å². The largest absolute Gasteiger partial charge is 0.485 e. The molecule has 0 unspecified atom stereocenters. The van der Waals surface area contributed by atoms with E-state index in [1.54, 1.807) is 0 Å². The molecule has 1 aromatic heterocycles. The summed E-state index contributed by atoms with van der Waals surface area (Å²) in [5, 5.41) is -0.00732. The number of halogens is 1. The van der Waals surface area contributed by atoms with Gasteiger partial charge in [0.2, 0.25) is 5.28 Å². The first-order valence-corrected chi connectivity index (χ1v) is 6.64. The lowest BCUT2D eigenvalue weighted by Crippen LogP contribution is -2.56. The van der Waals surface area contributed by atoms with Crippen LogP contribution in [-0.2, 0) is 9.47 Å². The number of hydrogen-bond acceptors (Lipinski definition) is 7. The van der Waals surface area contributed by atoms with E-state index < -0.39 is 5.97 Å². The quantitative estimate of drug-likeness (QED) is 0.563. The molecule has 2 aliphatic rings. The van der Waals surface area contributed by atoms with Crippen molar-refractivity contribution in [3.8, 4) is 5.75 Å². The van der Waals surface area contributed by atoms with Crippen molar-refractivity contribution >= 4 is 23.4 Å². The van der Waals surface area contributed by atoms with Crippen molar-refractivity contribution in [3.05, 3.63) is 11.0 Å². The Balaban J connectivity index is 2.11. The molecule has 7 nitrogen and oxygen atoms in total. The van der Waals surface area contributed by atoms with Gasteiger partial charge in [-0.05, 0) is 18.5 Å². The first-order chi connectivity index (χ1) is 9.61. The molecule has 3 heterocycles. The summed E-state index contributed by atoms with van der Waals surface area (Å²) in [5.74, 6) is 0.258. The number of carbonyl (C=O) groups is 1. The number of nitrogens with zero attached hydrogens (tertiary/aromatic N) is 3. The van der Waals surface area contributed by atoms with Crippen LogP contribution >= 0.6 is 11.6 Å². The maximum atomic E-state index is 11.8. The first-order valence-electron chi connectivity index (χ1n) is 6.26. The van der Waals surface area contributed by atoms with Crippen LogP contribution in [0.15, 0.2) is 0 Å². The first kappa shape index (κ1) is 13.4. The van der Waals surface area contributed by atoms with Gasteiger partial charge in [0.1, 0.15) is 6.61 Å². The number of aromatic nitrogens is 2. The summed E-state index contributed by atoms with van der Waals surface area (Å²) in [6, 6.07) is 0.176. The number of hydrogen-bond donors (Lipinski definition) is 0. The SMILES string of the molecule is COC(=O)c1nc(Cl)nc2c1OC[C@@H]1COC[C@@H](C)N21. The molecule has 3 rings (SSSR count). The molecule has 8 heteroatoms. The maximum absolute atomic E-state index is 11.8. The van der Waals surface area contributed by atoms with Gasteiger partial charge in [0, 0.05) is 0 Å². The zero-order valence-corrected chi connectivity index (χ0v) is 11.9. The number of rotatable bonds is 1. The second-order valence-electron chi connectivity index (χ2n) is 4.74. The van der Waals surface area contributed by atoms with Crippen LogP contribution in [0.5, 0.6) is 5.75 Å². The van der Waals surface area contributed by atoms with Gasteiger partial charge < -0.3 is 19.1 Å². The van der Waals surface area contributed by atoms with Gasteiger partial charge >= 0.3 is 5.97 Å². The zero-order valence-electron chi connectivity index (χ0n) is 11.1. The highest BCUT2D eigenvalue weighted by atomic mass is 35.5. The minimum Gasteiger partial charge on any atom is -0.485 e. The van der Waals surface area contributed by atoms with Crippen LogP contribution in [0.1, 0.15) is 17.4 Å². The smallest absolute Gasteiger partial charge is 0.360 e. The number of ether oxygens (including phenoxy) is 3. The van der Waals surface area contributed by atoms with Crippen molar-refractivity contribution in [1.82, 2.24) is 9.97 Å². The number of carbonyl (C=O) groups excluding carboxylic acids is 1. The van der Waals surface area contributed by atoms with Crippen LogP contribution in [0.4, 0.5) is 5.82 Å². The molecule has 0 aliphatic carbocycles. The van der Waals surface area contributed by atoms with E-state index in [1.807, 2.05) is 6.92 Å². The Morgan fingerprint density at radius 3 is 2.95 bits per heavy atom. The van der Waals surface area contributed by atoms with E-state index in [-0.39, 0.29) is 23.1 Å². The fraction of sp³-hybridized carbons (Fsp3) is 0.583. The van der Waals surface area contributed by atoms with Gasteiger partial charge in [-0.25, -0.2) is 9.78 Å². The van der Waals surface area contributed by atoms with Gasteiger partial charge in [0.15, 0.2) is 17.3 Å². The lowest BCUT2D eigenvalue weighted by Gasteiger charge is -2.44. The number of morpholine rings is 1. The minimum atomic E-state index is -0.593. The third-order valence-corrected chi connectivity index (χ3v) is 3.57. The molecule has 0 spiro atoms. The van der Waals surface area contributed by atoms with Crippen molar-refractivity contribution in [2.75, 3.05) is 31.8 Å². The van der Waals surface area contributed by atoms with Crippen molar-refractivity contribution in [2.45, 2.75) is 19.0 Å². The highest BCUT2D eigenvalue weighted by Gasteiger charge is 2.38. The summed E-state index contributed by atoms with van der Waals surface area (Å²) in [7, 11) is 1.29. The fourth-order valence-corrected chi connectivity index (χ4v) is 2.70. The zero-order chi connectivity index (χ0) is 14.3. The monoisotopic (exact) mass is 299 g/mol. The van der Waals surface area contributed by atoms with Gasteiger partial charge in [0.25, 0.3) is 0 Å². The summed E-state index contributed by atoms with van der Waals surface area (Å²) in [4.78, 5) is 22.0. The fourth-order valence-electron chi connectivity index (χ4n) is 2.54. The lowest BCUT2D eigenvalue weighted by molar-refractivity contribution is 0.0466. The maximum Gasteiger partial charge on any atom is 0.360 e. The van der Waals surface area contributed by atoms with E-state index in [9.17, 15) is 4.79 Å². The molecule has 0 saturated carbocycles. The van der Waals surface area contributed by atoms with E-state index in [4.69, 9.17) is 25.8 Å². The van der Waals surface area contributed by atoms with Crippen molar-refractivity contribution in [1.29, 1.82) is 0 Å². The summed E-state index contributed by atoms with van der Waals surface area (Å²) in [6.45, 7) is 3.57. The predicted octanol–water partition coefficient (Wildman–Crippen LogP) is 0.903. The van der Waals surface area contributed by atoms with Crippen molar-refractivity contribution in [2.24, 2.45) is 0 Å². The van der Waals surface area contributed by atoms with E-state index in [0.717, 1.165) is 0 Å². The molecule has 1 fully saturated rings. The third-order valence-electron chi connectivity index (χ3n) is 3.40. The second-order valence-corrected chi connectivity index (χ2v) is 5.08. The average Bonchev–Trinajstić information content (AvgIpc) is 2.45. The Morgan fingerprint density at radius 1 is 1.40 bits per heavy atom. The van der Waals surface area contributed by atoms with E-state index in [1.165, 1.54) is 7.11 Å². The molecule has 2 atom stereocenters. The lowest BCUT2D eigenvalue weighted by atomic mass is 10.1. The Bertz CT molecular complexity index is 554. The summed E-state index contributed by atoms with van der Waals surface area (Å²) >= 11 is 5.92. The molecule has 108 valence electrons. The summed E-state index contributed by atoms with van der Waals surface area (Å²) in [5.41, 5.74) is 0.0552. The molecule has 0 amide bonds. The van der Waals surface area contributed by atoms with E-state index in [0.29, 0.717) is 31.4 Å². The normalized spacial score (nSPS) is 24.4. The molecule has 0 N–H and O–H groups in total. The molecule has 1 aromatic rings. The molecule has 0 bridgehead atoms. The average molecular weight is 300 g/mol. The van der Waals surface area contributed by atoms with Crippen LogP contribution in [-0.4, -0.2) is 55.0 Å². The Labute approximate surface area is 120 Å².